The Balaban J connectivity index is 2.01. The molecule has 0 bridgehead atoms. The summed E-state index contributed by atoms with van der Waals surface area (Å²) in [5, 5.41) is 3.36. The van der Waals surface area contributed by atoms with E-state index in [0.29, 0.717) is 18.1 Å². The lowest BCUT2D eigenvalue weighted by Gasteiger charge is -2.05. The SMILES string of the molecule is CNC(=O)c1cnc(/C=C\c2cccc(OCCOC)c2)s1. The fourth-order valence-corrected chi connectivity index (χ4v) is 2.48. The molecule has 22 heavy (non-hydrogen) atoms. The van der Waals surface area contributed by atoms with E-state index in [1.165, 1.54) is 11.3 Å². The second kappa shape index (κ2) is 8.31. The van der Waals surface area contributed by atoms with Crippen molar-refractivity contribution in [2.45, 2.75) is 0 Å². The number of aromatic nitrogens is 1. The molecule has 0 saturated carbocycles. The molecule has 0 unspecified atom stereocenters. The second-order valence-electron chi connectivity index (χ2n) is 4.39. The first-order valence-corrected chi connectivity index (χ1v) is 7.62. The van der Waals surface area contributed by atoms with Gasteiger partial charge in [0, 0.05) is 14.2 Å². The van der Waals surface area contributed by atoms with Gasteiger partial charge in [-0.2, -0.15) is 0 Å². The quantitative estimate of drug-likeness (QED) is 0.797. The monoisotopic (exact) mass is 318 g/mol. The number of methoxy groups -OCH3 is 1. The third-order valence-corrected chi connectivity index (χ3v) is 3.77. The van der Waals surface area contributed by atoms with Gasteiger partial charge in [-0.3, -0.25) is 4.79 Å². The highest BCUT2D eigenvalue weighted by Crippen LogP contribution is 2.18. The highest BCUT2D eigenvalue weighted by Gasteiger charge is 2.06. The third kappa shape index (κ3) is 4.68. The zero-order valence-corrected chi connectivity index (χ0v) is 13.4. The molecule has 2 aromatic rings. The molecule has 0 aliphatic heterocycles. The van der Waals surface area contributed by atoms with Crippen LogP contribution in [0.1, 0.15) is 20.2 Å². The van der Waals surface area contributed by atoms with E-state index in [1.807, 2.05) is 36.4 Å². The highest BCUT2D eigenvalue weighted by atomic mass is 32.1. The van der Waals surface area contributed by atoms with Crippen LogP contribution < -0.4 is 10.1 Å². The van der Waals surface area contributed by atoms with Crippen LogP contribution in [0.2, 0.25) is 0 Å². The maximum atomic E-state index is 11.5. The number of carbonyl (C=O) groups is 1. The molecular formula is C16H18N2O3S. The van der Waals surface area contributed by atoms with Gasteiger partial charge >= 0.3 is 0 Å². The van der Waals surface area contributed by atoms with E-state index in [4.69, 9.17) is 9.47 Å². The number of amides is 1. The number of thiazole rings is 1. The molecular weight excluding hydrogens is 300 g/mol. The lowest BCUT2D eigenvalue weighted by molar-refractivity contribution is 0.0967. The largest absolute Gasteiger partial charge is 0.491 e. The van der Waals surface area contributed by atoms with E-state index in [-0.39, 0.29) is 5.91 Å². The fraction of sp³-hybridized carbons (Fsp3) is 0.250. The Bertz CT molecular complexity index is 652. The van der Waals surface area contributed by atoms with E-state index in [2.05, 4.69) is 10.3 Å². The van der Waals surface area contributed by atoms with Gasteiger partial charge in [-0.25, -0.2) is 4.98 Å². The first-order valence-electron chi connectivity index (χ1n) is 6.80. The van der Waals surface area contributed by atoms with Gasteiger partial charge in [0.15, 0.2) is 0 Å². The fourth-order valence-electron chi connectivity index (χ4n) is 1.71. The van der Waals surface area contributed by atoms with E-state index in [1.54, 1.807) is 20.4 Å². The van der Waals surface area contributed by atoms with Crippen LogP contribution in [0.5, 0.6) is 5.75 Å². The van der Waals surface area contributed by atoms with Gasteiger partial charge in [0.1, 0.15) is 22.2 Å². The molecule has 5 nitrogen and oxygen atoms in total. The van der Waals surface area contributed by atoms with Crippen LogP contribution in [-0.4, -0.2) is 38.3 Å². The number of nitrogens with zero attached hydrogens (tertiary/aromatic N) is 1. The van der Waals surface area contributed by atoms with Gasteiger partial charge in [-0.15, -0.1) is 11.3 Å². The summed E-state index contributed by atoms with van der Waals surface area (Å²) in [6, 6.07) is 7.76. The van der Waals surface area contributed by atoms with Gasteiger partial charge in [-0.05, 0) is 23.8 Å². The summed E-state index contributed by atoms with van der Waals surface area (Å²) >= 11 is 1.35. The standard InChI is InChI=1S/C16H18N2O3S/c1-17-16(19)14-11-18-15(22-14)7-6-12-4-3-5-13(10-12)21-9-8-20-2/h3-7,10-11H,8-9H2,1-2H3,(H,17,19)/b7-6-. The minimum atomic E-state index is -0.120. The van der Waals surface area contributed by atoms with Crippen LogP contribution in [0.3, 0.4) is 0 Å². The molecule has 0 radical (unpaired) electrons. The van der Waals surface area contributed by atoms with Gasteiger partial charge < -0.3 is 14.8 Å². The first-order chi connectivity index (χ1) is 10.7. The number of ether oxygens (including phenoxy) is 2. The van der Waals surface area contributed by atoms with Crippen LogP contribution in [0, 0.1) is 0 Å². The second-order valence-corrected chi connectivity index (χ2v) is 5.45. The molecule has 2 rings (SSSR count). The molecule has 1 N–H and O–H groups in total. The Morgan fingerprint density at radius 2 is 2.23 bits per heavy atom. The molecule has 0 atom stereocenters. The van der Waals surface area contributed by atoms with Crippen LogP contribution in [0.15, 0.2) is 30.5 Å². The van der Waals surface area contributed by atoms with Gasteiger partial charge in [-0.1, -0.05) is 18.2 Å². The molecule has 0 saturated heterocycles. The van der Waals surface area contributed by atoms with Crippen molar-refractivity contribution >= 4 is 29.4 Å². The lowest BCUT2D eigenvalue weighted by Crippen LogP contribution is -2.16. The van der Waals surface area contributed by atoms with E-state index >= 15 is 0 Å². The summed E-state index contributed by atoms with van der Waals surface area (Å²) in [5.41, 5.74) is 1.01. The zero-order valence-electron chi connectivity index (χ0n) is 12.5. The molecule has 1 heterocycles. The van der Waals surface area contributed by atoms with Crippen LogP contribution in [0.4, 0.5) is 0 Å². The van der Waals surface area contributed by atoms with Gasteiger partial charge in [0.2, 0.25) is 0 Å². The van der Waals surface area contributed by atoms with Crippen molar-refractivity contribution in [3.05, 3.63) is 45.9 Å². The highest BCUT2D eigenvalue weighted by molar-refractivity contribution is 7.14. The molecule has 1 aromatic carbocycles. The van der Waals surface area contributed by atoms with E-state index in [9.17, 15) is 4.79 Å². The molecule has 0 spiro atoms. The third-order valence-electron chi connectivity index (χ3n) is 2.81. The average molecular weight is 318 g/mol. The number of carbonyl (C=O) groups excluding carboxylic acids is 1. The van der Waals surface area contributed by atoms with Crippen LogP contribution in [-0.2, 0) is 4.74 Å². The Morgan fingerprint density at radius 1 is 1.36 bits per heavy atom. The predicted molar refractivity (Wildman–Crippen MR) is 88.2 cm³/mol. The van der Waals surface area contributed by atoms with E-state index in [0.717, 1.165) is 16.3 Å². The van der Waals surface area contributed by atoms with Crippen LogP contribution in [0.25, 0.3) is 12.2 Å². The average Bonchev–Trinajstić information content (AvgIpc) is 3.02. The predicted octanol–water partition coefficient (Wildman–Crippen LogP) is 2.70. The molecule has 116 valence electrons. The smallest absolute Gasteiger partial charge is 0.262 e. The molecule has 0 aliphatic rings. The number of hydrogen-bond acceptors (Lipinski definition) is 5. The molecule has 6 heteroatoms. The Morgan fingerprint density at radius 3 is 3.00 bits per heavy atom. The molecule has 0 aliphatic carbocycles. The first kappa shape index (κ1) is 16.2. The summed E-state index contributed by atoms with van der Waals surface area (Å²) in [6.45, 7) is 1.08. The number of rotatable bonds is 7. The number of nitrogens with one attached hydrogen (secondary N) is 1. The summed E-state index contributed by atoms with van der Waals surface area (Å²) in [7, 11) is 3.25. The summed E-state index contributed by atoms with van der Waals surface area (Å²) in [6.07, 6.45) is 5.40. The van der Waals surface area contributed by atoms with Crippen LogP contribution >= 0.6 is 11.3 Å². The molecule has 1 aromatic heterocycles. The van der Waals surface area contributed by atoms with Crippen molar-refractivity contribution in [1.82, 2.24) is 10.3 Å². The van der Waals surface area contributed by atoms with Crippen molar-refractivity contribution in [3.63, 3.8) is 0 Å². The Labute approximate surface area is 133 Å². The Kier molecular flexibility index (Phi) is 6.12. The maximum Gasteiger partial charge on any atom is 0.262 e. The minimum absolute atomic E-state index is 0.120. The van der Waals surface area contributed by atoms with E-state index < -0.39 is 0 Å². The molecule has 1 amide bonds. The van der Waals surface area contributed by atoms with Crippen molar-refractivity contribution < 1.29 is 14.3 Å². The molecule has 0 fully saturated rings. The Hall–Kier alpha value is -2.18. The summed E-state index contributed by atoms with van der Waals surface area (Å²) in [5.74, 6) is 0.676. The summed E-state index contributed by atoms with van der Waals surface area (Å²) < 4.78 is 10.5. The van der Waals surface area contributed by atoms with Gasteiger partial charge in [0.25, 0.3) is 5.91 Å². The van der Waals surface area contributed by atoms with Gasteiger partial charge in [0.05, 0.1) is 12.8 Å². The lowest BCUT2D eigenvalue weighted by atomic mass is 10.2. The van der Waals surface area contributed by atoms with Crippen molar-refractivity contribution in [2.75, 3.05) is 27.4 Å². The topological polar surface area (TPSA) is 60.5 Å². The number of benzene rings is 1. The number of hydrogen-bond donors (Lipinski definition) is 1. The minimum Gasteiger partial charge on any atom is -0.491 e. The van der Waals surface area contributed by atoms with Crippen molar-refractivity contribution in [1.29, 1.82) is 0 Å². The zero-order chi connectivity index (χ0) is 15.8. The maximum absolute atomic E-state index is 11.5. The summed E-state index contributed by atoms with van der Waals surface area (Å²) in [4.78, 5) is 16.3. The van der Waals surface area contributed by atoms with Crippen molar-refractivity contribution in [3.8, 4) is 5.75 Å². The van der Waals surface area contributed by atoms with Crippen molar-refractivity contribution in [2.24, 2.45) is 0 Å². The normalized spacial score (nSPS) is 10.8.